The number of carbonyl (C=O) groups is 1. The molecule has 4 heteroatoms. The Bertz CT molecular complexity index is 495. The highest BCUT2D eigenvalue weighted by Crippen LogP contribution is 2.52. The number of hydrogen-bond acceptors (Lipinski definition) is 2. The van der Waals surface area contributed by atoms with Crippen molar-refractivity contribution in [2.24, 2.45) is 5.41 Å². The van der Waals surface area contributed by atoms with Crippen LogP contribution in [0.15, 0.2) is 18.2 Å². The third-order valence-corrected chi connectivity index (χ3v) is 4.50. The van der Waals surface area contributed by atoms with Crippen molar-refractivity contribution < 1.29 is 13.9 Å². The van der Waals surface area contributed by atoms with Crippen molar-refractivity contribution in [3.63, 3.8) is 0 Å². The number of carbonyl (C=O) groups excluding carboxylic acids is 1. The molecule has 2 saturated carbocycles. The van der Waals surface area contributed by atoms with E-state index in [-0.39, 0.29) is 16.5 Å². The van der Waals surface area contributed by atoms with E-state index >= 15 is 0 Å². The maximum absolute atomic E-state index is 13.0. The highest BCUT2D eigenvalue weighted by Gasteiger charge is 2.57. The number of benzene rings is 1. The summed E-state index contributed by atoms with van der Waals surface area (Å²) in [5.74, 6) is 0.410. The molecule has 2 aliphatic carbocycles. The summed E-state index contributed by atoms with van der Waals surface area (Å²) in [5, 5.41) is 0.0543. The molecule has 0 saturated heterocycles. The van der Waals surface area contributed by atoms with Crippen molar-refractivity contribution in [1.29, 1.82) is 0 Å². The van der Waals surface area contributed by atoms with Crippen LogP contribution in [0.1, 0.15) is 32.1 Å². The Labute approximate surface area is 110 Å². The van der Waals surface area contributed by atoms with Crippen LogP contribution in [0.25, 0.3) is 0 Å². The van der Waals surface area contributed by atoms with Crippen molar-refractivity contribution in [2.45, 2.75) is 38.2 Å². The van der Waals surface area contributed by atoms with Crippen molar-refractivity contribution in [2.75, 3.05) is 0 Å². The fourth-order valence-electron chi connectivity index (χ4n) is 3.09. The zero-order chi connectivity index (χ0) is 12.8. The van der Waals surface area contributed by atoms with Crippen LogP contribution in [0, 0.1) is 11.2 Å². The van der Waals surface area contributed by atoms with E-state index in [0.717, 1.165) is 25.7 Å². The molecule has 96 valence electrons. The summed E-state index contributed by atoms with van der Waals surface area (Å²) < 4.78 is 18.9. The van der Waals surface area contributed by atoms with Gasteiger partial charge in [-0.1, -0.05) is 24.4 Å². The van der Waals surface area contributed by atoms with Crippen LogP contribution in [-0.2, 0) is 4.79 Å². The topological polar surface area (TPSA) is 26.3 Å². The van der Waals surface area contributed by atoms with Gasteiger partial charge in [-0.2, -0.15) is 0 Å². The van der Waals surface area contributed by atoms with Gasteiger partial charge in [0.05, 0.1) is 10.4 Å². The lowest BCUT2D eigenvalue weighted by Crippen LogP contribution is -2.55. The Morgan fingerprint density at radius 2 is 2.06 bits per heavy atom. The molecule has 2 aliphatic rings. The average Bonchev–Trinajstić information content (AvgIpc) is 2.85. The Hall–Kier alpha value is -1.09. The largest absolute Gasteiger partial charge is 0.489 e. The van der Waals surface area contributed by atoms with Gasteiger partial charge in [0.25, 0.3) is 0 Å². The van der Waals surface area contributed by atoms with Gasteiger partial charge in [-0.15, -0.1) is 0 Å². The highest BCUT2D eigenvalue weighted by molar-refractivity contribution is 6.30. The third-order valence-electron chi connectivity index (χ3n) is 4.21. The van der Waals surface area contributed by atoms with E-state index < -0.39 is 5.82 Å². The molecular weight excluding hydrogens is 255 g/mol. The lowest BCUT2D eigenvalue weighted by atomic mass is 9.63. The minimum atomic E-state index is -0.454. The highest BCUT2D eigenvalue weighted by atomic mass is 35.5. The van der Waals surface area contributed by atoms with Crippen LogP contribution in [0.3, 0.4) is 0 Å². The van der Waals surface area contributed by atoms with Crippen molar-refractivity contribution >= 4 is 17.4 Å². The van der Waals surface area contributed by atoms with E-state index in [2.05, 4.69) is 0 Å². The van der Waals surface area contributed by atoms with E-state index in [1.807, 2.05) is 0 Å². The first-order valence-electron chi connectivity index (χ1n) is 6.27. The second-order valence-corrected chi connectivity index (χ2v) is 5.58. The monoisotopic (exact) mass is 268 g/mol. The Morgan fingerprint density at radius 3 is 2.67 bits per heavy atom. The van der Waals surface area contributed by atoms with Crippen LogP contribution in [0.4, 0.5) is 4.39 Å². The van der Waals surface area contributed by atoms with Gasteiger partial charge in [-0.25, -0.2) is 4.39 Å². The van der Waals surface area contributed by atoms with E-state index in [1.165, 1.54) is 12.1 Å². The quantitative estimate of drug-likeness (QED) is 0.816. The molecule has 0 amide bonds. The third kappa shape index (κ3) is 1.72. The molecule has 18 heavy (non-hydrogen) atoms. The minimum absolute atomic E-state index is 0.0543. The van der Waals surface area contributed by atoms with E-state index in [4.69, 9.17) is 16.3 Å². The van der Waals surface area contributed by atoms with E-state index in [1.54, 1.807) is 6.07 Å². The molecule has 0 heterocycles. The predicted octanol–water partition coefficient (Wildman–Crippen LogP) is 3.76. The standard InChI is InChI=1S/C14H14ClFO2/c15-10-7-9(3-4-11(10)16)18-13-8-12(17)14(13)5-1-2-6-14/h3-4,7,13H,1-2,5-6,8H2. The maximum atomic E-state index is 13.0. The summed E-state index contributed by atoms with van der Waals surface area (Å²) in [6.45, 7) is 0. The first-order valence-corrected chi connectivity index (χ1v) is 6.65. The number of hydrogen-bond donors (Lipinski definition) is 0. The number of ketones is 1. The summed E-state index contributed by atoms with van der Waals surface area (Å²) >= 11 is 5.72. The van der Waals surface area contributed by atoms with Crippen molar-refractivity contribution in [1.82, 2.24) is 0 Å². The van der Waals surface area contributed by atoms with Gasteiger partial charge >= 0.3 is 0 Å². The van der Waals surface area contributed by atoms with Crippen molar-refractivity contribution in [3.05, 3.63) is 29.0 Å². The fraction of sp³-hybridized carbons (Fsp3) is 0.500. The Balaban J connectivity index is 1.77. The van der Waals surface area contributed by atoms with Crippen LogP contribution in [-0.4, -0.2) is 11.9 Å². The summed E-state index contributed by atoms with van der Waals surface area (Å²) in [5.41, 5.74) is -0.263. The zero-order valence-electron chi connectivity index (χ0n) is 9.92. The molecule has 1 aromatic rings. The van der Waals surface area contributed by atoms with E-state index in [9.17, 15) is 9.18 Å². The second-order valence-electron chi connectivity index (χ2n) is 5.17. The van der Waals surface area contributed by atoms with Gasteiger partial charge in [-0.05, 0) is 25.0 Å². The molecule has 2 nitrogen and oxygen atoms in total. The van der Waals surface area contributed by atoms with E-state index in [0.29, 0.717) is 18.0 Å². The van der Waals surface area contributed by atoms with Crippen molar-refractivity contribution in [3.8, 4) is 5.75 Å². The molecule has 3 rings (SSSR count). The summed E-state index contributed by atoms with van der Waals surface area (Å²) in [7, 11) is 0. The molecule has 2 fully saturated rings. The molecule has 1 atom stereocenters. The molecular formula is C14H14ClFO2. The van der Waals surface area contributed by atoms with Gasteiger partial charge in [0, 0.05) is 12.5 Å². The number of halogens is 2. The SMILES string of the molecule is O=C1CC(Oc2ccc(F)c(Cl)c2)C12CCCC2. The lowest BCUT2D eigenvalue weighted by Gasteiger charge is -2.44. The Morgan fingerprint density at radius 1 is 1.33 bits per heavy atom. The van der Waals surface area contributed by atoms with Gasteiger partial charge in [0.15, 0.2) is 0 Å². The molecule has 0 aliphatic heterocycles. The summed E-state index contributed by atoms with van der Waals surface area (Å²) in [6, 6.07) is 4.33. The molecule has 1 unspecified atom stereocenters. The Kier molecular flexibility index (Phi) is 2.81. The molecule has 0 radical (unpaired) electrons. The summed E-state index contributed by atoms with van der Waals surface area (Å²) in [6.07, 6.45) is 4.44. The van der Waals surface area contributed by atoms with Gasteiger partial charge in [0.2, 0.25) is 0 Å². The van der Waals surface area contributed by atoms with Crippen LogP contribution < -0.4 is 4.74 Å². The zero-order valence-corrected chi connectivity index (χ0v) is 10.7. The molecule has 0 aromatic heterocycles. The number of rotatable bonds is 2. The predicted molar refractivity (Wildman–Crippen MR) is 66.4 cm³/mol. The average molecular weight is 269 g/mol. The van der Waals surface area contributed by atoms with Gasteiger partial charge in [-0.3, -0.25) is 4.79 Å². The number of ether oxygens (including phenoxy) is 1. The normalized spacial score (nSPS) is 25.2. The molecule has 1 aromatic carbocycles. The molecule has 1 spiro atoms. The molecule has 0 bridgehead atoms. The smallest absolute Gasteiger partial charge is 0.146 e. The lowest BCUT2D eigenvalue weighted by molar-refractivity contribution is -0.151. The van der Waals surface area contributed by atoms with Gasteiger partial charge in [0.1, 0.15) is 23.5 Å². The second kappa shape index (κ2) is 4.23. The van der Waals surface area contributed by atoms with Crippen LogP contribution in [0.2, 0.25) is 5.02 Å². The first-order chi connectivity index (χ1) is 8.62. The minimum Gasteiger partial charge on any atom is -0.489 e. The van der Waals surface area contributed by atoms with Crippen LogP contribution >= 0.6 is 11.6 Å². The van der Waals surface area contributed by atoms with Gasteiger partial charge < -0.3 is 4.74 Å². The maximum Gasteiger partial charge on any atom is 0.146 e. The molecule has 0 N–H and O–H groups in total. The number of Topliss-reactive ketones (excluding diaryl/α,β-unsaturated/α-hetero) is 1. The fourth-order valence-corrected chi connectivity index (χ4v) is 3.26. The van der Waals surface area contributed by atoms with Crippen LogP contribution in [0.5, 0.6) is 5.75 Å². The summed E-state index contributed by atoms with van der Waals surface area (Å²) in [4.78, 5) is 11.8. The first kappa shape index (κ1) is 12.0.